The van der Waals surface area contributed by atoms with Gasteiger partial charge < -0.3 is 10.3 Å². The highest BCUT2D eigenvalue weighted by Crippen LogP contribution is 2.02. The van der Waals surface area contributed by atoms with Gasteiger partial charge in [-0.05, 0) is 6.42 Å². The van der Waals surface area contributed by atoms with Crippen LogP contribution in [-0.4, -0.2) is 14.9 Å². The van der Waals surface area contributed by atoms with Crippen LogP contribution in [0.5, 0.6) is 0 Å². The van der Waals surface area contributed by atoms with Crippen molar-refractivity contribution in [3.63, 3.8) is 0 Å². The lowest BCUT2D eigenvalue weighted by atomic mass is 10.3. The summed E-state index contributed by atoms with van der Waals surface area (Å²) in [5.41, 5.74) is 7.26. The van der Waals surface area contributed by atoms with E-state index in [4.69, 9.17) is 10.3 Å². The fraction of sp³-hybridized carbons (Fsp3) is 0.250. The minimum absolute atomic E-state index is 0.685. The van der Waals surface area contributed by atoms with E-state index in [1.54, 1.807) is 29.5 Å². The molecule has 13 heavy (non-hydrogen) atoms. The van der Waals surface area contributed by atoms with Crippen LogP contribution in [0.1, 0.15) is 5.56 Å². The van der Waals surface area contributed by atoms with Crippen molar-refractivity contribution in [2.45, 2.75) is 13.0 Å². The Bertz CT molecular complexity index is 365. The summed E-state index contributed by atoms with van der Waals surface area (Å²) in [7, 11) is 0. The third kappa shape index (κ3) is 1.87. The summed E-state index contributed by atoms with van der Waals surface area (Å²) in [4.78, 5) is 0. The van der Waals surface area contributed by atoms with Crippen molar-refractivity contribution < 1.29 is 4.52 Å². The first-order valence-electron chi connectivity index (χ1n) is 4.01. The number of rotatable bonds is 3. The molecule has 2 aromatic rings. The largest absolute Gasteiger partial charge is 0.396 e. The molecule has 0 aromatic carbocycles. The summed E-state index contributed by atoms with van der Waals surface area (Å²) in [5.74, 6) is 0. The van der Waals surface area contributed by atoms with Gasteiger partial charge in [0.2, 0.25) is 0 Å². The number of nitrogens with two attached hydrogens (primary N) is 1. The molecule has 0 unspecified atom stereocenters. The summed E-state index contributed by atoms with van der Waals surface area (Å²) in [6.07, 6.45) is 7.62. The van der Waals surface area contributed by atoms with E-state index in [1.807, 2.05) is 0 Å². The van der Waals surface area contributed by atoms with Crippen LogP contribution in [0.3, 0.4) is 0 Å². The minimum atomic E-state index is 0.685. The van der Waals surface area contributed by atoms with Crippen LogP contribution < -0.4 is 5.73 Å². The van der Waals surface area contributed by atoms with Gasteiger partial charge in [-0.1, -0.05) is 5.16 Å². The SMILES string of the molecule is Nc1cnn(CCc2cnoc2)c1. The number of hydrogen-bond donors (Lipinski definition) is 1. The van der Waals surface area contributed by atoms with Gasteiger partial charge in [0.25, 0.3) is 0 Å². The highest BCUT2D eigenvalue weighted by molar-refractivity contribution is 5.30. The zero-order chi connectivity index (χ0) is 9.10. The van der Waals surface area contributed by atoms with E-state index in [0.717, 1.165) is 18.5 Å². The molecule has 0 aliphatic carbocycles. The molecular weight excluding hydrogens is 168 g/mol. The molecule has 0 saturated heterocycles. The Morgan fingerprint density at radius 3 is 3.00 bits per heavy atom. The van der Waals surface area contributed by atoms with Crippen molar-refractivity contribution in [3.05, 3.63) is 30.4 Å². The second-order valence-corrected chi connectivity index (χ2v) is 2.82. The van der Waals surface area contributed by atoms with Gasteiger partial charge in [0.1, 0.15) is 6.26 Å². The topological polar surface area (TPSA) is 69.9 Å². The Hall–Kier alpha value is -1.78. The maximum atomic E-state index is 5.51. The fourth-order valence-corrected chi connectivity index (χ4v) is 1.10. The summed E-state index contributed by atoms with van der Waals surface area (Å²) >= 11 is 0. The molecule has 0 spiro atoms. The standard InChI is InChI=1S/C8H10N4O/c9-8-4-10-12(5-8)2-1-7-3-11-13-6-7/h3-6H,1-2,9H2. The van der Waals surface area contributed by atoms with Crippen molar-refractivity contribution in [2.75, 3.05) is 5.73 Å². The first-order chi connectivity index (χ1) is 6.34. The van der Waals surface area contributed by atoms with Crippen molar-refractivity contribution in [1.29, 1.82) is 0 Å². The molecule has 0 fully saturated rings. The van der Waals surface area contributed by atoms with E-state index in [-0.39, 0.29) is 0 Å². The van der Waals surface area contributed by atoms with Gasteiger partial charge in [0.05, 0.1) is 18.1 Å². The number of nitrogen functional groups attached to an aromatic ring is 1. The van der Waals surface area contributed by atoms with E-state index < -0.39 is 0 Å². The molecule has 2 N–H and O–H groups in total. The molecule has 0 radical (unpaired) electrons. The van der Waals surface area contributed by atoms with E-state index in [9.17, 15) is 0 Å². The normalized spacial score (nSPS) is 10.5. The highest BCUT2D eigenvalue weighted by Gasteiger charge is 1.97. The summed E-state index contributed by atoms with van der Waals surface area (Å²) in [6.45, 7) is 0.790. The van der Waals surface area contributed by atoms with Crippen molar-refractivity contribution in [1.82, 2.24) is 14.9 Å². The molecule has 5 heteroatoms. The lowest BCUT2D eigenvalue weighted by molar-refractivity contribution is 0.418. The summed E-state index contributed by atoms with van der Waals surface area (Å²) < 4.78 is 6.50. The number of aromatic nitrogens is 3. The van der Waals surface area contributed by atoms with Crippen LogP contribution in [0.25, 0.3) is 0 Å². The van der Waals surface area contributed by atoms with Crippen LogP contribution >= 0.6 is 0 Å². The molecule has 0 amide bonds. The lowest BCUT2D eigenvalue weighted by Crippen LogP contribution is -2.00. The number of aryl methyl sites for hydroxylation is 2. The van der Waals surface area contributed by atoms with Gasteiger partial charge in [-0.2, -0.15) is 5.10 Å². The van der Waals surface area contributed by atoms with Crippen molar-refractivity contribution in [3.8, 4) is 0 Å². The van der Waals surface area contributed by atoms with Crippen molar-refractivity contribution in [2.24, 2.45) is 0 Å². The molecule has 2 heterocycles. The third-order valence-corrected chi connectivity index (χ3v) is 1.77. The first-order valence-corrected chi connectivity index (χ1v) is 4.01. The van der Waals surface area contributed by atoms with E-state index in [0.29, 0.717) is 5.69 Å². The number of hydrogen-bond acceptors (Lipinski definition) is 4. The molecule has 0 saturated carbocycles. The zero-order valence-corrected chi connectivity index (χ0v) is 7.05. The maximum absolute atomic E-state index is 5.51. The van der Waals surface area contributed by atoms with E-state index >= 15 is 0 Å². The summed E-state index contributed by atoms with van der Waals surface area (Å²) in [5, 5.41) is 7.67. The maximum Gasteiger partial charge on any atom is 0.127 e. The van der Waals surface area contributed by atoms with Crippen molar-refractivity contribution >= 4 is 5.69 Å². The molecule has 0 aliphatic rings. The Morgan fingerprint density at radius 1 is 1.46 bits per heavy atom. The molecule has 0 bridgehead atoms. The van der Waals surface area contributed by atoms with E-state index in [2.05, 4.69) is 10.3 Å². The van der Waals surface area contributed by atoms with Gasteiger partial charge in [-0.3, -0.25) is 4.68 Å². The third-order valence-electron chi connectivity index (χ3n) is 1.77. The smallest absolute Gasteiger partial charge is 0.127 e. The zero-order valence-electron chi connectivity index (χ0n) is 7.05. The van der Waals surface area contributed by atoms with Crippen LogP contribution in [-0.2, 0) is 13.0 Å². The molecule has 0 atom stereocenters. The van der Waals surface area contributed by atoms with Crippen LogP contribution in [0.15, 0.2) is 29.4 Å². The van der Waals surface area contributed by atoms with Gasteiger partial charge >= 0.3 is 0 Å². The Labute approximate surface area is 75.1 Å². The second-order valence-electron chi connectivity index (χ2n) is 2.82. The highest BCUT2D eigenvalue weighted by atomic mass is 16.5. The average molecular weight is 178 g/mol. The van der Waals surface area contributed by atoms with Gasteiger partial charge in [-0.25, -0.2) is 0 Å². The first kappa shape index (κ1) is 7.85. The second kappa shape index (κ2) is 3.30. The Morgan fingerprint density at radius 2 is 2.38 bits per heavy atom. The molecule has 68 valence electrons. The fourth-order valence-electron chi connectivity index (χ4n) is 1.10. The van der Waals surface area contributed by atoms with E-state index in [1.165, 1.54) is 0 Å². The molecular formula is C8H10N4O. The van der Waals surface area contributed by atoms with Gasteiger partial charge in [0, 0.05) is 18.3 Å². The average Bonchev–Trinajstić information content (AvgIpc) is 2.71. The van der Waals surface area contributed by atoms with Gasteiger partial charge in [0.15, 0.2) is 0 Å². The quantitative estimate of drug-likeness (QED) is 0.750. The molecule has 2 rings (SSSR count). The minimum Gasteiger partial charge on any atom is -0.396 e. The van der Waals surface area contributed by atoms with Crippen LogP contribution in [0.2, 0.25) is 0 Å². The van der Waals surface area contributed by atoms with Gasteiger partial charge in [-0.15, -0.1) is 0 Å². The Kier molecular flexibility index (Phi) is 1.99. The molecule has 5 nitrogen and oxygen atoms in total. The number of anilines is 1. The Balaban J connectivity index is 1.93. The number of nitrogens with zero attached hydrogens (tertiary/aromatic N) is 3. The predicted octanol–water partition coefficient (Wildman–Crippen LogP) is 0.696. The predicted molar refractivity (Wildman–Crippen MR) is 46.8 cm³/mol. The summed E-state index contributed by atoms with van der Waals surface area (Å²) in [6, 6.07) is 0. The van der Waals surface area contributed by atoms with Crippen LogP contribution in [0, 0.1) is 0 Å². The molecule has 0 aliphatic heterocycles. The molecule has 2 aromatic heterocycles. The monoisotopic (exact) mass is 178 g/mol. The van der Waals surface area contributed by atoms with Crippen LogP contribution in [0.4, 0.5) is 5.69 Å². The lowest BCUT2D eigenvalue weighted by Gasteiger charge is -1.96.